The largest absolute Gasteiger partial charge is 0.287 e. The molecule has 0 N–H and O–H groups in total. The lowest BCUT2D eigenvalue weighted by atomic mass is 10.00. The van der Waals surface area contributed by atoms with Crippen molar-refractivity contribution >= 4 is 21.7 Å². The van der Waals surface area contributed by atoms with Gasteiger partial charge in [-0.2, -0.15) is 5.10 Å². The Labute approximate surface area is 115 Å². The fraction of sp³-hybridized carbons (Fsp3) is 0.286. The summed E-state index contributed by atoms with van der Waals surface area (Å²) < 4.78 is 2.31. The number of hydrogen-bond acceptors (Lipinski definition) is 2. The van der Waals surface area contributed by atoms with E-state index in [2.05, 4.69) is 34.9 Å². The molecule has 18 heavy (non-hydrogen) atoms. The summed E-state index contributed by atoms with van der Waals surface area (Å²) in [6.45, 7) is 4.27. The van der Waals surface area contributed by atoms with Gasteiger partial charge in [0.2, 0.25) is 5.78 Å². The Hall–Kier alpha value is -1.42. The predicted octanol–water partition coefficient (Wildman–Crippen LogP) is 3.54. The van der Waals surface area contributed by atoms with Crippen LogP contribution in [0.1, 0.15) is 41.4 Å². The molecule has 4 heteroatoms. The molecule has 0 spiro atoms. The topological polar surface area (TPSA) is 34.9 Å². The van der Waals surface area contributed by atoms with Gasteiger partial charge in [-0.3, -0.25) is 9.48 Å². The average Bonchev–Trinajstić information content (AvgIpc) is 2.68. The van der Waals surface area contributed by atoms with Crippen LogP contribution in [-0.4, -0.2) is 15.6 Å². The van der Waals surface area contributed by atoms with Gasteiger partial charge in [-0.05, 0) is 27.4 Å². The first-order valence-corrected chi connectivity index (χ1v) is 6.62. The Morgan fingerprint density at radius 3 is 2.33 bits per heavy atom. The summed E-state index contributed by atoms with van der Waals surface area (Å²) in [7, 11) is 1.76. The molecule has 0 radical (unpaired) electrons. The maximum Gasteiger partial charge on any atom is 0.212 e. The molecule has 2 aromatic rings. The van der Waals surface area contributed by atoms with E-state index in [0.717, 1.165) is 4.47 Å². The van der Waals surface area contributed by atoms with Crippen LogP contribution < -0.4 is 0 Å². The molecule has 0 aliphatic heterocycles. The summed E-state index contributed by atoms with van der Waals surface area (Å²) in [5.74, 6) is 0.453. The van der Waals surface area contributed by atoms with Crippen molar-refractivity contribution in [2.75, 3.05) is 0 Å². The predicted molar refractivity (Wildman–Crippen MR) is 74.9 cm³/mol. The first kappa shape index (κ1) is 13.0. The Morgan fingerprint density at radius 1 is 1.28 bits per heavy atom. The Morgan fingerprint density at radius 2 is 1.89 bits per heavy atom. The minimum atomic E-state index is -0.0165. The molecule has 3 nitrogen and oxygen atoms in total. The van der Waals surface area contributed by atoms with Crippen molar-refractivity contribution in [2.24, 2.45) is 7.05 Å². The number of benzene rings is 1. The number of rotatable bonds is 3. The first-order valence-electron chi connectivity index (χ1n) is 5.83. The van der Waals surface area contributed by atoms with Crippen LogP contribution >= 0.6 is 15.9 Å². The SMILES string of the molecule is CC(C)c1ccc(C(=O)c2c(Br)cnn2C)cc1. The van der Waals surface area contributed by atoms with Crippen LogP contribution in [0.25, 0.3) is 0 Å². The quantitative estimate of drug-likeness (QED) is 0.813. The van der Waals surface area contributed by atoms with Crippen molar-refractivity contribution in [3.05, 3.63) is 51.8 Å². The van der Waals surface area contributed by atoms with Gasteiger partial charge in [0.05, 0.1) is 10.7 Å². The number of halogens is 1. The van der Waals surface area contributed by atoms with Gasteiger partial charge in [-0.15, -0.1) is 0 Å². The highest BCUT2D eigenvalue weighted by Crippen LogP contribution is 2.21. The van der Waals surface area contributed by atoms with Crippen LogP contribution in [0.15, 0.2) is 34.9 Å². The van der Waals surface area contributed by atoms with E-state index in [1.807, 2.05) is 24.3 Å². The average molecular weight is 307 g/mol. The molecule has 0 unspecified atom stereocenters. The minimum absolute atomic E-state index is 0.0165. The lowest BCUT2D eigenvalue weighted by molar-refractivity contribution is 0.102. The molecule has 1 heterocycles. The zero-order chi connectivity index (χ0) is 13.3. The van der Waals surface area contributed by atoms with E-state index < -0.39 is 0 Å². The number of ketones is 1. The van der Waals surface area contributed by atoms with E-state index in [-0.39, 0.29) is 5.78 Å². The lowest BCUT2D eigenvalue weighted by Gasteiger charge is -2.07. The molecule has 0 atom stereocenters. The monoisotopic (exact) mass is 306 g/mol. The zero-order valence-electron chi connectivity index (χ0n) is 10.6. The van der Waals surface area contributed by atoms with Crippen molar-refractivity contribution in [1.82, 2.24) is 9.78 Å². The third-order valence-corrected chi connectivity index (χ3v) is 3.53. The van der Waals surface area contributed by atoms with E-state index in [9.17, 15) is 4.79 Å². The third-order valence-electron chi connectivity index (χ3n) is 2.95. The maximum atomic E-state index is 12.3. The number of nitrogens with zero attached hydrogens (tertiary/aromatic N) is 2. The number of carbonyl (C=O) groups is 1. The van der Waals surface area contributed by atoms with Crippen molar-refractivity contribution in [1.29, 1.82) is 0 Å². The standard InChI is InChI=1S/C14H15BrN2O/c1-9(2)10-4-6-11(7-5-10)14(18)13-12(15)8-16-17(13)3/h4-9H,1-3H3. The van der Waals surface area contributed by atoms with Crippen LogP contribution in [0, 0.1) is 0 Å². The highest BCUT2D eigenvalue weighted by Gasteiger charge is 2.17. The Kier molecular flexibility index (Phi) is 3.66. The van der Waals surface area contributed by atoms with E-state index in [1.165, 1.54) is 5.56 Å². The van der Waals surface area contributed by atoms with E-state index >= 15 is 0 Å². The van der Waals surface area contributed by atoms with E-state index in [4.69, 9.17) is 0 Å². The van der Waals surface area contributed by atoms with Gasteiger partial charge in [-0.1, -0.05) is 38.1 Å². The number of carbonyl (C=O) groups excluding carboxylic acids is 1. The number of aromatic nitrogens is 2. The third kappa shape index (κ3) is 2.38. The van der Waals surface area contributed by atoms with Crippen molar-refractivity contribution in [3.8, 4) is 0 Å². The van der Waals surface area contributed by atoms with Crippen molar-refractivity contribution in [3.63, 3.8) is 0 Å². The summed E-state index contributed by atoms with van der Waals surface area (Å²) >= 11 is 3.35. The molecule has 94 valence electrons. The zero-order valence-corrected chi connectivity index (χ0v) is 12.2. The molecule has 1 aromatic carbocycles. The van der Waals surface area contributed by atoms with Gasteiger partial charge in [0.1, 0.15) is 5.69 Å². The Balaban J connectivity index is 2.35. The molecule has 0 aliphatic carbocycles. The molecule has 0 bridgehead atoms. The normalized spacial score (nSPS) is 10.9. The molecule has 0 saturated heterocycles. The first-order chi connectivity index (χ1) is 8.50. The van der Waals surface area contributed by atoms with Crippen LogP contribution in [0.3, 0.4) is 0 Å². The molecule has 2 rings (SSSR count). The number of aryl methyl sites for hydroxylation is 1. The highest BCUT2D eigenvalue weighted by molar-refractivity contribution is 9.10. The van der Waals surface area contributed by atoms with Gasteiger partial charge in [0, 0.05) is 12.6 Å². The van der Waals surface area contributed by atoms with Crippen molar-refractivity contribution in [2.45, 2.75) is 19.8 Å². The molecule has 0 amide bonds. The van der Waals surface area contributed by atoms with Crippen molar-refractivity contribution < 1.29 is 4.79 Å². The summed E-state index contributed by atoms with van der Waals surface area (Å²) in [5, 5.41) is 4.06. The summed E-state index contributed by atoms with van der Waals surface area (Å²) in [6, 6.07) is 7.75. The second-order valence-corrected chi connectivity index (χ2v) is 5.42. The molecule has 0 saturated carbocycles. The van der Waals surface area contributed by atoms with Crippen LogP contribution in [0.2, 0.25) is 0 Å². The second-order valence-electron chi connectivity index (χ2n) is 4.57. The van der Waals surface area contributed by atoms with Crippen LogP contribution in [-0.2, 0) is 7.05 Å². The molecular weight excluding hydrogens is 292 g/mol. The van der Waals surface area contributed by atoms with Crippen LogP contribution in [0.4, 0.5) is 0 Å². The van der Waals surface area contributed by atoms with Gasteiger partial charge >= 0.3 is 0 Å². The Bertz CT molecular complexity index is 550. The van der Waals surface area contributed by atoms with E-state index in [0.29, 0.717) is 17.2 Å². The summed E-state index contributed by atoms with van der Waals surface area (Å²) in [5.41, 5.74) is 2.49. The smallest absolute Gasteiger partial charge is 0.212 e. The molecule has 1 aromatic heterocycles. The van der Waals surface area contributed by atoms with E-state index in [1.54, 1.807) is 17.9 Å². The second kappa shape index (κ2) is 5.06. The summed E-state index contributed by atoms with van der Waals surface area (Å²) in [6.07, 6.45) is 1.63. The fourth-order valence-electron chi connectivity index (χ4n) is 1.82. The number of hydrogen-bond donors (Lipinski definition) is 0. The van der Waals surface area contributed by atoms with Gasteiger partial charge in [-0.25, -0.2) is 0 Å². The molecular formula is C14H15BrN2O. The van der Waals surface area contributed by atoms with Crippen LogP contribution in [0.5, 0.6) is 0 Å². The maximum absolute atomic E-state index is 12.3. The van der Waals surface area contributed by atoms with Gasteiger partial charge in [0.25, 0.3) is 0 Å². The molecule has 0 aliphatic rings. The minimum Gasteiger partial charge on any atom is -0.287 e. The van der Waals surface area contributed by atoms with Gasteiger partial charge in [0.15, 0.2) is 0 Å². The highest BCUT2D eigenvalue weighted by atomic mass is 79.9. The lowest BCUT2D eigenvalue weighted by Crippen LogP contribution is -2.09. The molecule has 0 fully saturated rings. The summed E-state index contributed by atoms with van der Waals surface area (Å²) in [4.78, 5) is 12.3. The van der Waals surface area contributed by atoms with Gasteiger partial charge < -0.3 is 0 Å². The fourth-order valence-corrected chi connectivity index (χ4v) is 2.35.